The number of hydrogen-bond donors (Lipinski definition) is 0. The average molecular weight is 297 g/mol. The van der Waals surface area contributed by atoms with E-state index in [1.54, 1.807) is 7.11 Å². The van der Waals surface area contributed by atoms with Gasteiger partial charge in [0.05, 0.1) is 24.0 Å². The standard InChI is InChI=1S/C15H21ClN2O2/c1-3-8-20-9-4-7-18-14-6-5-12(19-2)10-13(14)17-15(18)11-16/h5-6,10H,3-4,7-9,11H2,1-2H3. The first kappa shape index (κ1) is 15.1. The van der Waals surface area contributed by atoms with Crippen LogP contribution in [0, 0.1) is 0 Å². The quantitative estimate of drug-likeness (QED) is 0.551. The summed E-state index contributed by atoms with van der Waals surface area (Å²) in [7, 11) is 1.66. The Kier molecular flexibility index (Phi) is 5.68. The Morgan fingerprint density at radius 1 is 1.30 bits per heavy atom. The van der Waals surface area contributed by atoms with Crippen molar-refractivity contribution in [3.63, 3.8) is 0 Å². The summed E-state index contributed by atoms with van der Waals surface area (Å²) in [4.78, 5) is 4.57. The molecule has 0 aliphatic rings. The second-order valence-electron chi connectivity index (χ2n) is 4.63. The van der Waals surface area contributed by atoms with Crippen molar-refractivity contribution in [1.82, 2.24) is 9.55 Å². The lowest BCUT2D eigenvalue weighted by atomic mass is 10.3. The number of ether oxygens (including phenoxy) is 2. The fraction of sp³-hybridized carbons (Fsp3) is 0.533. The summed E-state index contributed by atoms with van der Waals surface area (Å²) in [6.45, 7) is 4.58. The van der Waals surface area contributed by atoms with Gasteiger partial charge < -0.3 is 14.0 Å². The smallest absolute Gasteiger partial charge is 0.124 e. The number of hydrogen-bond acceptors (Lipinski definition) is 3. The molecule has 5 heteroatoms. The van der Waals surface area contributed by atoms with E-state index in [9.17, 15) is 0 Å². The molecule has 2 rings (SSSR count). The highest BCUT2D eigenvalue weighted by Crippen LogP contribution is 2.22. The second-order valence-corrected chi connectivity index (χ2v) is 4.90. The normalized spacial score (nSPS) is 11.2. The van der Waals surface area contributed by atoms with Crippen LogP contribution in [-0.4, -0.2) is 29.9 Å². The van der Waals surface area contributed by atoms with Crippen molar-refractivity contribution in [2.45, 2.75) is 32.2 Å². The van der Waals surface area contributed by atoms with E-state index < -0.39 is 0 Å². The zero-order valence-electron chi connectivity index (χ0n) is 12.1. The molecule has 0 radical (unpaired) electrons. The Hall–Kier alpha value is -1.26. The monoisotopic (exact) mass is 296 g/mol. The molecule has 0 saturated heterocycles. The molecule has 0 aliphatic carbocycles. The lowest BCUT2D eigenvalue weighted by Crippen LogP contribution is -2.06. The largest absolute Gasteiger partial charge is 0.497 e. The molecular weight excluding hydrogens is 276 g/mol. The molecule has 20 heavy (non-hydrogen) atoms. The Labute approximate surface area is 124 Å². The third kappa shape index (κ3) is 3.44. The van der Waals surface area contributed by atoms with E-state index in [0.717, 1.165) is 55.2 Å². The van der Waals surface area contributed by atoms with E-state index in [2.05, 4.69) is 16.5 Å². The maximum Gasteiger partial charge on any atom is 0.124 e. The van der Waals surface area contributed by atoms with Crippen molar-refractivity contribution in [3.8, 4) is 5.75 Å². The maximum absolute atomic E-state index is 5.99. The van der Waals surface area contributed by atoms with Crippen LogP contribution in [0.15, 0.2) is 18.2 Å². The van der Waals surface area contributed by atoms with Crippen molar-refractivity contribution in [2.75, 3.05) is 20.3 Å². The van der Waals surface area contributed by atoms with Gasteiger partial charge >= 0.3 is 0 Å². The van der Waals surface area contributed by atoms with Gasteiger partial charge in [-0.2, -0.15) is 0 Å². The first-order valence-electron chi connectivity index (χ1n) is 6.97. The van der Waals surface area contributed by atoms with Gasteiger partial charge in [0, 0.05) is 25.8 Å². The molecule has 0 amide bonds. The zero-order valence-corrected chi connectivity index (χ0v) is 12.8. The van der Waals surface area contributed by atoms with Crippen LogP contribution < -0.4 is 4.74 Å². The predicted octanol–water partition coefficient (Wildman–Crippen LogP) is 3.60. The number of fused-ring (bicyclic) bond motifs is 1. The minimum Gasteiger partial charge on any atom is -0.497 e. The lowest BCUT2D eigenvalue weighted by molar-refractivity contribution is 0.129. The van der Waals surface area contributed by atoms with Crippen LogP contribution in [-0.2, 0) is 17.2 Å². The summed E-state index contributed by atoms with van der Waals surface area (Å²) in [5.74, 6) is 2.12. The molecule has 0 N–H and O–H groups in total. The van der Waals surface area contributed by atoms with Crippen molar-refractivity contribution in [1.29, 1.82) is 0 Å². The second kappa shape index (κ2) is 7.50. The SMILES string of the molecule is CCCOCCCn1c(CCl)nc2cc(OC)ccc21. The number of methoxy groups -OCH3 is 1. The van der Waals surface area contributed by atoms with Crippen LogP contribution in [0.4, 0.5) is 0 Å². The average Bonchev–Trinajstić information content (AvgIpc) is 2.84. The van der Waals surface area contributed by atoms with E-state index in [1.165, 1.54) is 0 Å². The highest BCUT2D eigenvalue weighted by Gasteiger charge is 2.10. The number of rotatable bonds is 8. The van der Waals surface area contributed by atoms with Crippen LogP contribution >= 0.6 is 11.6 Å². The Morgan fingerprint density at radius 3 is 2.85 bits per heavy atom. The van der Waals surface area contributed by atoms with Crippen LogP contribution in [0.3, 0.4) is 0 Å². The number of halogens is 1. The Bertz CT molecular complexity index is 554. The van der Waals surface area contributed by atoms with E-state index in [-0.39, 0.29) is 0 Å². The number of benzene rings is 1. The fourth-order valence-electron chi connectivity index (χ4n) is 2.21. The van der Waals surface area contributed by atoms with Gasteiger partial charge in [-0.3, -0.25) is 0 Å². The molecule has 0 spiro atoms. The van der Waals surface area contributed by atoms with Crippen LogP contribution in [0.5, 0.6) is 5.75 Å². The molecule has 4 nitrogen and oxygen atoms in total. The van der Waals surface area contributed by atoms with Crippen molar-refractivity contribution >= 4 is 22.6 Å². The molecule has 1 aromatic carbocycles. The molecule has 1 aromatic heterocycles. The van der Waals surface area contributed by atoms with Gasteiger partial charge in [-0.1, -0.05) is 6.92 Å². The van der Waals surface area contributed by atoms with Gasteiger partial charge in [-0.05, 0) is 25.0 Å². The molecule has 0 aliphatic heterocycles. The third-order valence-electron chi connectivity index (χ3n) is 3.17. The Balaban J connectivity index is 2.13. The van der Waals surface area contributed by atoms with Crippen LogP contribution in [0.25, 0.3) is 11.0 Å². The van der Waals surface area contributed by atoms with Crippen molar-refractivity contribution in [2.24, 2.45) is 0 Å². The van der Waals surface area contributed by atoms with Crippen molar-refractivity contribution in [3.05, 3.63) is 24.0 Å². The van der Waals surface area contributed by atoms with E-state index in [1.807, 2.05) is 18.2 Å². The van der Waals surface area contributed by atoms with Crippen molar-refractivity contribution < 1.29 is 9.47 Å². The van der Waals surface area contributed by atoms with E-state index in [0.29, 0.717) is 5.88 Å². The first-order chi connectivity index (χ1) is 9.80. The van der Waals surface area contributed by atoms with Gasteiger partial charge in [0.25, 0.3) is 0 Å². The number of nitrogens with zero attached hydrogens (tertiary/aromatic N) is 2. The molecule has 1 heterocycles. The van der Waals surface area contributed by atoms with Gasteiger partial charge in [0.2, 0.25) is 0 Å². The van der Waals surface area contributed by atoms with E-state index in [4.69, 9.17) is 21.1 Å². The predicted molar refractivity (Wildman–Crippen MR) is 81.6 cm³/mol. The number of alkyl halides is 1. The summed E-state index contributed by atoms with van der Waals surface area (Å²) < 4.78 is 12.9. The minimum absolute atomic E-state index is 0.410. The molecule has 0 atom stereocenters. The molecule has 0 fully saturated rings. The fourth-order valence-corrected chi connectivity index (χ4v) is 2.41. The van der Waals surface area contributed by atoms with Gasteiger partial charge in [0.1, 0.15) is 11.6 Å². The van der Waals surface area contributed by atoms with Gasteiger partial charge in [0.15, 0.2) is 0 Å². The van der Waals surface area contributed by atoms with Crippen LogP contribution in [0.1, 0.15) is 25.6 Å². The summed E-state index contributed by atoms with van der Waals surface area (Å²) in [5.41, 5.74) is 2.02. The first-order valence-corrected chi connectivity index (χ1v) is 7.50. The molecule has 0 saturated carbocycles. The summed E-state index contributed by atoms with van der Waals surface area (Å²) in [5, 5.41) is 0. The van der Waals surface area contributed by atoms with Gasteiger partial charge in [-0.15, -0.1) is 11.6 Å². The molecule has 110 valence electrons. The maximum atomic E-state index is 5.99. The zero-order chi connectivity index (χ0) is 14.4. The highest BCUT2D eigenvalue weighted by atomic mass is 35.5. The highest BCUT2D eigenvalue weighted by molar-refractivity contribution is 6.16. The molecule has 0 bridgehead atoms. The van der Waals surface area contributed by atoms with E-state index >= 15 is 0 Å². The number of imidazole rings is 1. The molecular formula is C15H21ClN2O2. The Morgan fingerprint density at radius 2 is 2.15 bits per heavy atom. The number of aromatic nitrogens is 2. The minimum atomic E-state index is 0.410. The number of aryl methyl sites for hydroxylation is 1. The topological polar surface area (TPSA) is 36.3 Å². The summed E-state index contributed by atoms with van der Waals surface area (Å²) >= 11 is 5.99. The summed E-state index contributed by atoms with van der Waals surface area (Å²) in [6.07, 6.45) is 2.02. The molecule has 2 aromatic rings. The lowest BCUT2D eigenvalue weighted by Gasteiger charge is -2.08. The van der Waals surface area contributed by atoms with Crippen LogP contribution in [0.2, 0.25) is 0 Å². The van der Waals surface area contributed by atoms with Gasteiger partial charge in [-0.25, -0.2) is 4.98 Å². The summed E-state index contributed by atoms with van der Waals surface area (Å²) in [6, 6.07) is 5.92. The molecule has 0 unspecified atom stereocenters. The third-order valence-corrected chi connectivity index (χ3v) is 3.41.